The van der Waals surface area contributed by atoms with Crippen LogP contribution in [-0.2, 0) is 6.54 Å². The Labute approximate surface area is 194 Å². The molecule has 0 saturated carbocycles. The topological polar surface area (TPSA) is 135 Å². The van der Waals surface area contributed by atoms with Crippen molar-refractivity contribution in [3.63, 3.8) is 0 Å². The fourth-order valence-electron chi connectivity index (χ4n) is 3.08. The number of nitrogens with zero attached hydrogens (tertiary/aromatic N) is 3. The number of rotatable bonds is 8. The van der Waals surface area contributed by atoms with Gasteiger partial charge in [0.1, 0.15) is 11.6 Å². The molecule has 2 aromatic heterocycles. The summed E-state index contributed by atoms with van der Waals surface area (Å²) in [6.07, 6.45) is 4.35. The number of primary amides is 1. The van der Waals surface area contributed by atoms with E-state index in [0.717, 1.165) is 0 Å². The van der Waals surface area contributed by atoms with Crippen molar-refractivity contribution in [2.24, 2.45) is 5.73 Å². The molecule has 2 amide bonds. The van der Waals surface area contributed by atoms with Crippen LogP contribution in [0.4, 0.5) is 27.5 Å². The van der Waals surface area contributed by atoms with Crippen LogP contribution in [0.3, 0.4) is 0 Å². The minimum atomic E-state index is -0.720. The van der Waals surface area contributed by atoms with Gasteiger partial charge in [-0.25, -0.2) is 9.37 Å². The van der Waals surface area contributed by atoms with Crippen molar-refractivity contribution in [2.75, 3.05) is 16.0 Å². The Bertz CT molecular complexity index is 1330. The van der Waals surface area contributed by atoms with Gasteiger partial charge in [0.2, 0.25) is 5.95 Å². The maximum absolute atomic E-state index is 13.9. The maximum Gasteiger partial charge on any atom is 0.257 e. The molecule has 4 aromatic rings. The van der Waals surface area contributed by atoms with Crippen LogP contribution >= 0.6 is 0 Å². The molecular weight excluding hydrogens is 437 g/mol. The lowest BCUT2D eigenvalue weighted by Gasteiger charge is -2.12. The van der Waals surface area contributed by atoms with Gasteiger partial charge in [0, 0.05) is 42.1 Å². The number of carbonyl (C=O) groups excluding carboxylic acids is 2. The molecule has 2 aromatic carbocycles. The van der Waals surface area contributed by atoms with E-state index in [-0.39, 0.29) is 35.6 Å². The molecule has 0 radical (unpaired) electrons. The first-order valence-electron chi connectivity index (χ1n) is 10.2. The molecule has 0 aliphatic carbocycles. The van der Waals surface area contributed by atoms with Crippen LogP contribution in [0, 0.1) is 5.82 Å². The highest BCUT2D eigenvalue weighted by atomic mass is 19.1. The Balaban J connectivity index is 1.50. The second kappa shape index (κ2) is 10.2. The monoisotopic (exact) mass is 457 g/mol. The van der Waals surface area contributed by atoms with Crippen LogP contribution in [0.5, 0.6) is 0 Å². The van der Waals surface area contributed by atoms with Crippen molar-refractivity contribution in [1.29, 1.82) is 0 Å². The molecule has 0 atom stereocenters. The largest absolute Gasteiger partial charge is 0.365 e. The van der Waals surface area contributed by atoms with E-state index in [0.29, 0.717) is 22.5 Å². The van der Waals surface area contributed by atoms with Gasteiger partial charge in [-0.3, -0.25) is 14.6 Å². The van der Waals surface area contributed by atoms with Crippen molar-refractivity contribution in [1.82, 2.24) is 15.0 Å². The van der Waals surface area contributed by atoms with E-state index in [9.17, 15) is 14.0 Å². The van der Waals surface area contributed by atoms with Gasteiger partial charge in [-0.05, 0) is 36.4 Å². The second-order valence-corrected chi connectivity index (χ2v) is 7.17. The average molecular weight is 457 g/mol. The zero-order valence-electron chi connectivity index (χ0n) is 17.8. The van der Waals surface area contributed by atoms with Gasteiger partial charge in [0.05, 0.1) is 11.1 Å². The molecule has 0 bridgehead atoms. The highest BCUT2D eigenvalue weighted by molar-refractivity contribution is 6.04. The van der Waals surface area contributed by atoms with Crippen molar-refractivity contribution >= 4 is 35.0 Å². The van der Waals surface area contributed by atoms with E-state index >= 15 is 0 Å². The Morgan fingerprint density at radius 1 is 0.971 bits per heavy atom. The third-order valence-electron chi connectivity index (χ3n) is 4.76. The second-order valence-electron chi connectivity index (χ2n) is 7.17. The van der Waals surface area contributed by atoms with E-state index in [4.69, 9.17) is 5.73 Å². The molecule has 0 aliphatic rings. The highest BCUT2D eigenvalue weighted by Gasteiger charge is 2.13. The fourth-order valence-corrected chi connectivity index (χ4v) is 3.08. The molecule has 0 spiro atoms. The van der Waals surface area contributed by atoms with Crippen LogP contribution in [0.15, 0.2) is 79.3 Å². The number of benzene rings is 2. The van der Waals surface area contributed by atoms with Crippen LogP contribution in [0.25, 0.3) is 0 Å². The summed E-state index contributed by atoms with van der Waals surface area (Å²) in [5.41, 5.74) is 7.47. The Morgan fingerprint density at radius 2 is 1.79 bits per heavy atom. The zero-order valence-corrected chi connectivity index (χ0v) is 17.8. The Hall–Kier alpha value is -4.86. The summed E-state index contributed by atoms with van der Waals surface area (Å²) in [7, 11) is 0. The van der Waals surface area contributed by atoms with E-state index in [1.54, 1.807) is 60.8 Å². The summed E-state index contributed by atoms with van der Waals surface area (Å²) in [5, 5.41) is 8.75. The predicted molar refractivity (Wildman–Crippen MR) is 126 cm³/mol. The molecule has 0 saturated heterocycles. The summed E-state index contributed by atoms with van der Waals surface area (Å²) < 4.78 is 13.9. The molecule has 9 nitrogen and oxygen atoms in total. The van der Waals surface area contributed by atoms with Crippen molar-refractivity contribution < 1.29 is 14.0 Å². The summed E-state index contributed by atoms with van der Waals surface area (Å²) >= 11 is 0. The van der Waals surface area contributed by atoms with E-state index in [1.807, 2.05) is 0 Å². The summed E-state index contributed by atoms with van der Waals surface area (Å²) in [4.78, 5) is 36.6. The van der Waals surface area contributed by atoms with Crippen molar-refractivity contribution in [3.05, 3.63) is 102 Å². The lowest BCUT2D eigenvalue weighted by molar-refractivity contribution is 0.0997. The van der Waals surface area contributed by atoms with Gasteiger partial charge >= 0.3 is 0 Å². The number of hydrogen-bond donors (Lipinski definition) is 4. The molecule has 170 valence electrons. The molecular formula is C24H20FN7O2. The van der Waals surface area contributed by atoms with Gasteiger partial charge in [-0.2, -0.15) is 4.98 Å². The van der Waals surface area contributed by atoms with Gasteiger partial charge < -0.3 is 21.7 Å². The number of amides is 2. The smallest absolute Gasteiger partial charge is 0.257 e. The molecule has 10 heteroatoms. The molecule has 0 unspecified atom stereocenters. The number of pyridine rings is 1. The first-order chi connectivity index (χ1) is 16.5. The molecule has 4 rings (SSSR count). The standard InChI is InChI=1S/C24H20FN7O2/c25-20-9-2-1-5-15(20)13-28-22-19(21(26)33)14-29-24(32-22)31-18-8-3-7-17(11-18)30-23(34)16-6-4-10-27-12-16/h1-12,14H,13H2,(H2,26,33)(H,30,34)(H2,28,29,31,32). The SMILES string of the molecule is NC(=O)c1cnc(Nc2cccc(NC(=O)c3cccnc3)c2)nc1NCc1ccccc1F. The number of hydrogen-bond acceptors (Lipinski definition) is 7. The van der Waals surface area contributed by atoms with E-state index < -0.39 is 5.91 Å². The summed E-state index contributed by atoms with van der Waals surface area (Å²) in [6.45, 7) is 0.0965. The predicted octanol–water partition coefficient (Wildman–Crippen LogP) is 3.72. The first kappa shape index (κ1) is 22.3. The lowest BCUT2D eigenvalue weighted by atomic mass is 10.2. The third-order valence-corrected chi connectivity index (χ3v) is 4.76. The molecule has 0 aliphatic heterocycles. The number of halogens is 1. The van der Waals surface area contributed by atoms with E-state index in [1.165, 1.54) is 18.5 Å². The van der Waals surface area contributed by atoms with Gasteiger partial charge in [0.15, 0.2) is 0 Å². The molecule has 2 heterocycles. The number of nitrogens with one attached hydrogen (secondary N) is 3. The van der Waals surface area contributed by atoms with Gasteiger partial charge in [0.25, 0.3) is 11.8 Å². The van der Waals surface area contributed by atoms with E-state index in [2.05, 4.69) is 30.9 Å². The first-order valence-corrected chi connectivity index (χ1v) is 10.2. The fraction of sp³-hybridized carbons (Fsp3) is 0.0417. The van der Waals surface area contributed by atoms with Crippen molar-refractivity contribution in [2.45, 2.75) is 6.54 Å². The van der Waals surface area contributed by atoms with Gasteiger partial charge in [-0.1, -0.05) is 24.3 Å². The normalized spacial score (nSPS) is 10.4. The molecule has 5 N–H and O–H groups in total. The average Bonchev–Trinajstić information content (AvgIpc) is 2.84. The number of nitrogens with two attached hydrogens (primary N) is 1. The lowest BCUT2D eigenvalue weighted by Crippen LogP contribution is -2.17. The van der Waals surface area contributed by atoms with Crippen molar-refractivity contribution in [3.8, 4) is 0 Å². The quantitative estimate of drug-likeness (QED) is 0.317. The maximum atomic E-state index is 13.9. The van der Waals surface area contributed by atoms with Crippen LogP contribution in [-0.4, -0.2) is 26.8 Å². The minimum Gasteiger partial charge on any atom is -0.365 e. The minimum absolute atomic E-state index is 0.0689. The third kappa shape index (κ3) is 5.49. The van der Waals surface area contributed by atoms with Crippen LogP contribution in [0.1, 0.15) is 26.3 Å². The Kier molecular flexibility index (Phi) is 6.68. The summed E-state index contributed by atoms with van der Waals surface area (Å²) in [6, 6.07) is 16.6. The zero-order chi connectivity index (χ0) is 23.9. The highest BCUT2D eigenvalue weighted by Crippen LogP contribution is 2.21. The molecule has 0 fully saturated rings. The Morgan fingerprint density at radius 3 is 2.56 bits per heavy atom. The van der Waals surface area contributed by atoms with Crippen LogP contribution in [0.2, 0.25) is 0 Å². The van der Waals surface area contributed by atoms with Gasteiger partial charge in [-0.15, -0.1) is 0 Å². The number of anilines is 4. The number of carbonyl (C=O) groups is 2. The number of aromatic nitrogens is 3. The molecule has 34 heavy (non-hydrogen) atoms. The summed E-state index contributed by atoms with van der Waals surface area (Å²) in [5.74, 6) is -1.06. The van der Waals surface area contributed by atoms with Crippen LogP contribution < -0.4 is 21.7 Å².